The number of rotatable bonds is 6. The Hall–Kier alpha value is 0.494. The topological polar surface area (TPSA) is 20.3 Å². The van der Waals surface area contributed by atoms with Crippen LogP contribution < -0.4 is 4.90 Å². The molecule has 2 nitrogen and oxygen atoms in total. The number of nitrogens with zero attached hydrogens (tertiary/aromatic N) is 1. The standard InChI is InChI=1S/C18H26NOS2.Y/c1-5-6-11-21-12-16-13-22-17(20)19(16)15-9-7-14(8-10-15)18(2,3)4;/h7-10,16H,1,5-6,11-13H2,2-4H3;/q-1;/t16-;/m0./s1. The Labute approximate surface area is 174 Å². The van der Waals surface area contributed by atoms with E-state index in [0.717, 1.165) is 35.8 Å². The van der Waals surface area contributed by atoms with Crippen LogP contribution >= 0.6 is 23.5 Å². The molecule has 0 saturated carbocycles. The molecule has 125 valence electrons. The summed E-state index contributed by atoms with van der Waals surface area (Å²) in [5.74, 6) is 3.05. The van der Waals surface area contributed by atoms with E-state index in [4.69, 9.17) is 0 Å². The van der Waals surface area contributed by atoms with Gasteiger partial charge in [-0.25, -0.2) is 0 Å². The predicted molar refractivity (Wildman–Crippen MR) is 101 cm³/mol. The molecule has 23 heavy (non-hydrogen) atoms. The summed E-state index contributed by atoms with van der Waals surface area (Å²) < 4.78 is 0. The Bertz CT molecular complexity index is 499. The number of anilines is 1. The Balaban J connectivity index is 0.00000264. The minimum absolute atomic E-state index is 0. The van der Waals surface area contributed by atoms with Crippen LogP contribution in [-0.4, -0.2) is 28.5 Å². The van der Waals surface area contributed by atoms with Gasteiger partial charge in [0, 0.05) is 49.9 Å². The molecule has 0 aromatic heterocycles. The van der Waals surface area contributed by atoms with E-state index in [0.29, 0.717) is 6.04 Å². The number of benzene rings is 1. The largest absolute Gasteiger partial charge is 0.343 e. The van der Waals surface area contributed by atoms with Gasteiger partial charge in [0.25, 0.3) is 5.24 Å². The summed E-state index contributed by atoms with van der Waals surface area (Å²) in [4.78, 5) is 14.2. The second-order valence-electron chi connectivity index (χ2n) is 6.68. The molecule has 0 spiro atoms. The smallest absolute Gasteiger partial charge is 0.286 e. The zero-order chi connectivity index (χ0) is 16.2. The van der Waals surface area contributed by atoms with Gasteiger partial charge in [-0.1, -0.05) is 51.1 Å². The van der Waals surface area contributed by atoms with Gasteiger partial charge in [0.15, 0.2) is 0 Å². The second kappa shape index (κ2) is 9.84. The first-order valence-electron chi connectivity index (χ1n) is 7.87. The molecule has 1 aliphatic heterocycles. The van der Waals surface area contributed by atoms with E-state index in [2.05, 4.69) is 52.0 Å². The summed E-state index contributed by atoms with van der Waals surface area (Å²) in [5, 5.41) is 0.186. The van der Waals surface area contributed by atoms with Crippen LogP contribution in [0.5, 0.6) is 0 Å². The van der Waals surface area contributed by atoms with Crippen LogP contribution in [0.25, 0.3) is 0 Å². The van der Waals surface area contributed by atoms with Gasteiger partial charge in [-0.2, -0.15) is 18.2 Å². The minimum atomic E-state index is 0. The van der Waals surface area contributed by atoms with Gasteiger partial charge in [-0.3, -0.25) is 9.69 Å². The second-order valence-corrected chi connectivity index (χ2v) is 8.80. The molecule has 0 aliphatic carbocycles. The fourth-order valence-corrected chi connectivity index (χ4v) is 4.70. The molecule has 1 atom stereocenters. The van der Waals surface area contributed by atoms with Crippen molar-refractivity contribution in [1.82, 2.24) is 0 Å². The summed E-state index contributed by atoms with van der Waals surface area (Å²) in [6.07, 6.45) is 2.14. The van der Waals surface area contributed by atoms with E-state index in [1.165, 1.54) is 17.3 Å². The number of carbonyl (C=O) groups is 1. The Morgan fingerprint density at radius 3 is 2.52 bits per heavy atom. The van der Waals surface area contributed by atoms with Crippen LogP contribution in [0.2, 0.25) is 0 Å². The van der Waals surface area contributed by atoms with Gasteiger partial charge >= 0.3 is 0 Å². The molecule has 1 aromatic rings. The molecule has 0 N–H and O–H groups in total. The molecule has 5 heteroatoms. The van der Waals surface area contributed by atoms with E-state index in [1.54, 1.807) is 0 Å². The molecule has 2 rings (SSSR count). The number of thioether (sulfide) groups is 2. The molecule has 1 amide bonds. The van der Waals surface area contributed by atoms with Crippen LogP contribution in [0.3, 0.4) is 0 Å². The normalized spacial score (nSPS) is 18.2. The summed E-state index contributed by atoms with van der Waals surface area (Å²) >= 11 is 3.38. The average Bonchev–Trinajstić information content (AvgIpc) is 2.84. The first-order valence-corrected chi connectivity index (χ1v) is 10.0. The molecule has 0 unspecified atom stereocenters. The zero-order valence-electron chi connectivity index (χ0n) is 14.4. The summed E-state index contributed by atoms with van der Waals surface area (Å²) in [6, 6.07) is 8.81. The molecule has 1 radical (unpaired) electrons. The Morgan fingerprint density at radius 2 is 1.96 bits per heavy atom. The van der Waals surface area contributed by atoms with Crippen molar-refractivity contribution < 1.29 is 37.5 Å². The predicted octanol–water partition coefficient (Wildman–Crippen LogP) is 5.37. The van der Waals surface area contributed by atoms with Gasteiger partial charge in [0.05, 0.1) is 6.04 Å². The maximum Gasteiger partial charge on any atom is 0.286 e. The van der Waals surface area contributed by atoms with Crippen LogP contribution in [0.4, 0.5) is 10.5 Å². The van der Waals surface area contributed by atoms with Gasteiger partial charge in [0.2, 0.25) is 0 Å². The van der Waals surface area contributed by atoms with Crippen LogP contribution in [0, 0.1) is 6.92 Å². The van der Waals surface area contributed by atoms with Crippen LogP contribution in [0.1, 0.15) is 39.2 Å². The Morgan fingerprint density at radius 1 is 1.30 bits per heavy atom. The number of amides is 1. The number of unbranched alkanes of at least 4 members (excludes halogenated alkanes) is 1. The third-order valence-electron chi connectivity index (χ3n) is 3.82. The number of hydrogen-bond acceptors (Lipinski definition) is 3. The van der Waals surface area contributed by atoms with Crippen molar-refractivity contribution in [2.45, 2.75) is 45.1 Å². The van der Waals surface area contributed by atoms with E-state index in [1.807, 2.05) is 16.7 Å². The van der Waals surface area contributed by atoms with E-state index in [-0.39, 0.29) is 43.4 Å². The third-order valence-corrected chi connectivity index (χ3v) is 6.01. The molecule has 0 bridgehead atoms. The molecule has 1 saturated heterocycles. The SMILES string of the molecule is [CH2-]CCCSC[C@H]1CSC(=O)N1c1ccc(C(C)(C)C)cc1.[Y]. The van der Waals surface area contributed by atoms with Gasteiger partial charge in [-0.05, 0) is 28.9 Å². The molecular weight excluding hydrogens is 399 g/mol. The Kier molecular flexibility index (Phi) is 9.22. The fourth-order valence-electron chi connectivity index (χ4n) is 2.45. The van der Waals surface area contributed by atoms with Gasteiger partial charge in [0.1, 0.15) is 0 Å². The van der Waals surface area contributed by atoms with E-state index >= 15 is 0 Å². The first-order chi connectivity index (χ1) is 10.4. The minimum Gasteiger partial charge on any atom is -0.343 e. The summed E-state index contributed by atoms with van der Waals surface area (Å²) in [6.45, 7) is 10.5. The van der Waals surface area contributed by atoms with Crippen molar-refractivity contribution in [3.8, 4) is 0 Å². The molecule has 1 aromatic carbocycles. The van der Waals surface area contributed by atoms with Crippen molar-refractivity contribution in [1.29, 1.82) is 0 Å². The van der Waals surface area contributed by atoms with Crippen molar-refractivity contribution in [3.63, 3.8) is 0 Å². The number of hydrogen-bond donors (Lipinski definition) is 0. The molecule has 1 heterocycles. The molecule has 1 fully saturated rings. The van der Waals surface area contributed by atoms with E-state index in [9.17, 15) is 4.79 Å². The zero-order valence-corrected chi connectivity index (χ0v) is 18.8. The fraction of sp³-hybridized carbons (Fsp3) is 0.556. The summed E-state index contributed by atoms with van der Waals surface area (Å²) in [5.41, 5.74) is 2.48. The maximum absolute atomic E-state index is 12.2. The van der Waals surface area contributed by atoms with Crippen molar-refractivity contribution >= 4 is 34.5 Å². The van der Waals surface area contributed by atoms with Gasteiger partial charge in [-0.15, -0.1) is 0 Å². The molecule has 1 aliphatic rings. The van der Waals surface area contributed by atoms with Crippen molar-refractivity contribution in [2.75, 3.05) is 22.2 Å². The van der Waals surface area contributed by atoms with Gasteiger partial charge < -0.3 is 6.92 Å². The van der Waals surface area contributed by atoms with Crippen LogP contribution in [-0.2, 0) is 38.1 Å². The van der Waals surface area contributed by atoms with Crippen molar-refractivity contribution in [2.24, 2.45) is 0 Å². The summed E-state index contributed by atoms with van der Waals surface area (Å²) in [7, 11) is 0. The van der Waals surface area contributed by atoms with E-state index < -0.39 is 0 Å². The first kappa shape index (κ1) is 21.5. The molecular formula is C18H26NOS2Y-. The quantitative estimate of drug-likeness (QED) is 0.451. The number of carbonyl (C=O) groups excluding carboxylic acids is 1. The van der Waals surface area contributed by atoms with Crippen LogP contribution in [0.15, 0.2) is 24.3 Å². The monoisotopic (exact) mass is 425 g/mol. The van der Waals surface area contributed by atoms with Crippen molar-refractivity contribution in [3.05, 3.63) is 36.8 Å². The average molecular weight is 425 g/mol. The third kappa shape index (κ3) is 6.06. The maximum atomic E-state index is 12.2.